The van der Waals surface area contributed by atoms with E-state index in [4.69, 9.17) is 4.42 Å². The molecule has 1 aromatic heterocycles. The van der Waals surface area contributed by atoms with Crippen LogP contribution in [0, 0.1) is 5.92 Å². The molecule has 0 spiro atoms. The molecule has 0 bridgehead atoms. The lowest BCUT2D eigenvalue weighted by Crippen LogP contribution is -2.46. The number of nitrogens with zero attached hydrogens (tertiary/aromatic N) is 2. The van der Waals surface area contributed by atoms with Gasteiger partial charge in [0.15, 0.2) is 15.6 Å². The minimum atomic E-state index is -3.01. The van der Waals surface area contributed by atoms with Gasteiger partial charge in [-0.1, -0.05) is 0 Å². The fourth-order valence-electron chi connectivity index (χ4n) is 3.43. The van der Waals surface area contributed by atoms with Gasteiger partial charge >= 0.3 is 0 Å². The molecule has 0 radical (unpaired) electrons. The lowest BCUT2D eigenvalue weighted by molar-refractivity contribution is -0.137. The maximum absolute atomic E-state index is 12.6. The normalized spacial score (nSPS) is 24.0. The van der Waals surface area contributed by atoms with Crippen LogP contribution >= 0.6 is 0 Å². The molecule has 3 heterocycles. The highest BCUT2D eigenvalue weighted by Crippen LogP contribution is 2.24. The lowest BCUT2D eigenvalue weighted by atomic mass is 9.94. The Labute approximate surface area is 141 Å². The predicted octanol–water partition coefficient (Wildman–Crippen LogP) is 0.777. The van der Waals surface area contributed by atoms with Crippen molar-refractivity contribution in [2.45, 2.75) is 25.3 Å². The molecule has 1 unspecified atom stereocenters. The van der Waals surface area contributed by atoms with Crippen molar-refractivity contribution < 1.29 is 22.4 Å². The van der Waals surface area contributed by atoms with Crippen LogP contribution in [-0.2, 0) is 14.6 Å². The molecule has 0 saturated carbocycles. The number of rotatable bonds is 3. The minimum absolute atomic E-state index is 0.0119. The molecule has 1 atom stereocenters. The van der Waals surface area contributed by atoms with Crippen molar-refractivity contribution in [1.29, 1.82) is 0 Å². The van der Waals surface area contributed by atoms with E-state index in [2.05, 4.69) is 0 Å². The highest BCUT2D eigenvalue weighted by atomic mass is 32.2. The van der Waals surface area contributed by atoms with Crippen LogP contribution in [0.4, 0.5) is 0 Å². The summed E-state index contributed by atoms with van der Waals surface area (Å²) in [6, 6.07) is 3.09. The van der Waals surface area contributed by atoms with Crippen LogP contribution in [0.1, 0.15) is 29.8 Å². The van der Waals surface area contributed by atoms with Gasteiger partial charge in [-0.3, -0.25) is 9.59 Å². The van der Waals surface area contributed by atoms with Crippen molar-refractivity contribution >= 4 is 21.7 Å². The van der Waals surface area contributed by atoms with Crippen molar-refractivity contribution in [3.63, 3.8) is 0 Å². The van der Waals surface area contributed by atoms with Gasteiger partial charge in [0.2, 0.25) is 5.91 Å². The molecule has 2 aliphatic heterocycles. The molecule has 2 fully saturated rings. The molecule has 2 saturated heterocycles. The molecule has 2 amide bonds. The van der Waals surface area contributed by atoms with Crippen molar-refractivity contribution in [2.24, 2.45) is 5.92 Å². The van der Waals surface area contributed by atoms with Crippen LogP contribution in [-0.4, -0.2) is 67.7 Å². The summed E-state index contributed by atoms with van der Waals surface area (Å²) in [7, 11) is -1.32. The standard InChI is InChI=1S/C16H22N2O5S/c1-17(13-6-10-24(21,22)11-13)15(19)12-4-7-18(8-5-12)16(20)14-3-2-9-23-14/h2-3,9,12-13H,4-8,10-11H2,1H3. The average Bonchev–Trinajstić information content (AvgIpc) is 3.22. The van der Waals surface area contributed by atoms with Gasteiger partial charge in [0.1, 0.15) is 0 Å². The minimum Gasteiger partial charge on any atom is -0.459 e. The Morgan fingerprint density at radius 3 is 2.50 bits per heavy atom. The molecule has 3 rings (SSSR count). The Kier molecular flexibility index (Phi) is 4.67. The number of carbonyl (C=O) groups is 2. The van der Waals surface area contributed by atoms with Gasteiger partial charge in [-0.05, 0) is 31.4 Å². The van der Waals surface area contributed by atoms with E-state index in [1.165, 1.54) is 6.26 Å². The molecule has 1 aromatic rings. The van der Waals surface area contributed by atoms with Gasteiger partial charge in [-0.25, -0.2) is 8.42 Å². The highest BCUT2D eigenvalue weighted by Gasteiger charge is 2.36. The molecule has 0 N–H and O–H groups in total. The Morgan fingerprint density at radius 1 is 1.25 bits per heavy atom. The smallest absolute Gasteiger partial charge is 0.289 e. The number of hydrogen-bond donors (Lipinski definition) is 0. The summed E-state index contributed by atoms with van der Waals surface area (Å²) in [5.74, 6) is 0.214. The van der Waals surface area contributed by atoms with Crippen molar-refractivity contribution in [3.05, 3.63) is 24.2 Å². The molecule has 132 valence electrons. The first-order valence-corrected chi connectivity index (χ1v) is 9.99. The summed E-state index contributed by atoms with van der Waals surface area (Å²) in [4.78, 5) is 28.1. The monoisotopic (exact) mass is 354 g/mol. The maximum Gasteiger partial charge on any atom is 0.289 e. The number of furan rings is 1. The molecule has 8 heteroatoms. The fraction of sp³-hybridized carbons (Fsp3) is 0.625. The Balaban J connectivity index is 1.54. The second-order valence-corrected chi connectivity index (χ2v) is 8.78. The van der Waals surface area contributed by atoms with E-state index in [0.29, 0.717) is 38.1 Å². The van der Waals surface area contributed by atoms with Gasteiger partial charge in [-0.2, -0.15) is 0 Å². The number of carbonyl (C=O) groups excluding carboxylic acids is 2. The summed E-state index contributed by atoms with van der Waals surface area (Å²) in [5.41, 5.74) is 0. The largest absolute Gasteiger partial charge is 0.459 e. The van der Waals surface area contributed by atoms with E-state index in [-0.39, 0.29) is 35.3 Å². The first-order chi connectivity index (χ1) is 11.4. The molecule has 0 aromatic carbocycles. The highest BCUT2D eigenvalue weighted by molar-refractivity contribution is 7.91. The quantitative estimate of drug-likeness (QED) is 0.800. The number of sulfone groups is 1. The summed E-state index contributed by atoms with van der Waals surface area (Å²) in [6.07, 6.45) is 3.17. The summed E-state index contributed by atoms with van der Waals surface area (Å²) in [5, 5.41) is 0. The van der Waals surface area contributed by atoms with Crippen LogP contribution in [0.25, 0.3) is 0 Å². The van der Waals surface area contributed by atoms with E-state index in [1.54, 1.807) is 29.0 Å². The SMILES string of the molecule is CN(C(=O)C1CCN(C(=O)c2ccco2)CC1)C1CCS(=O)(=O)C1. The summed E-state index contributed by atoms with van der Waals surface area (Å²) in [6.45, 7) is 1.01. The van der Waals surface area contributed by atoms with E-state index in [0.717, 1.165) is 0 Å². The van der Waals surface area contributed by atoms with Crippen LogP contribution in [0.15, 0.2) is 22.8 Å². The summed E-state index contributed by atoms with van der Waals surface area (Å²) < 4.78 is 28.3. The van der Waals surface area contributed by atoms with Crippen LogP contribution < -0.4 is 0 Å². The van der Waals surface area contributed by atoms with Gasteiger partial charge in [0, 0.05) is 32.1 Å². The third-order valence-corrected chi connectivity index (χ3v) is 6.72. The molecule has 24 heavy (non-hydrogen) atoms. The van der Waals surface area contributed by atoms with E-state index in [1.807, 2.05) is 0 Å². The van der Waals surface area contributed by atoms with Gasteiger partial charge in [0.25, 0.3) is 5.91 Å². The zero-order valence-electron chi connectivity index (χ0n) is 13.7. The third kappa shape index (κ3) is 3.48. The van der Waals surface area contributed by atoms with Crippen LogP contribution in [0.2, 0.25) is 0 Å². The van der Waals surface area contributed by atoms with E-state index in [9.17, 15) is 18.0 Å². The number of amides is 2. The van der Waals surface area contributed by atoms with Crippen molar-refractivity contribution in [3.8, 4) is 0 Å². The van der Waals surface area contributed by atoms with Gasteiger partial charge in [0.05, 0.1) is 17.8 Å². The second-order valence-electron chi connectivity index (χ2n) is 6.55. The number of likely N-dealkylation sites (tertiary alicyclic amines) is 1. The first-order valence-electron chi connectivity index (χ1n) is 8.17. The molecule has 0 aliphatic carbocycles. The Hall–Kier alpha value is -1.83. The molecular formula is C16H22N2O5S. The number of hydrogen-bond acceptors (Lipinski definition) is 5. The van der Waals surface area contributed by atoms with Gasteiger partial charge < -0.3 is 14.2 Å². The predicted molar refractivity (Wildman–Crippen MR) is 87.2 cm³/mol. The van der Waals surface area contributed by atoms with E-state index < -0.39 is 9.84 Å². The van der Waals surface area contributed by atoms with Gasteiger partial charge in [-0.15, -0.1) is 0 Å². The fourth-order valence-corrected chi connectivity index (χ4v) is 5.21. The second kappa shape index (κ2) is 6.58. The van der Waals surface area contributed by atoms with E-state index >= 15 is 0 Å². The van der Waals surface area contributed by atoms with Crippen LogP contribution in [0.5, 0.6) is 0 Å². The van der Waals surface area contributed by atoms with Crippen molar-refractivity contribution in [2.75, 3.05) is 31.6 Å². The molecule has 2 aliphatic rings. The van der Waals surface area contributed by atoms with Crippen molar-refractivity contribution in [1.82, 2.24) is 9.80 Å². The maximum atomic E-state index is 12.6. The molecule has 7 nitrogen and oxygen atoms in total. The molecular weight excluding hydrogens is 332 g/mol. The first kappa shape index (κ1) is 17.0. The Morgan fingerprint density at radius 2 is 1.96 bits per heavy atom. The Bertz CT molecular complexity index is 705. The zero-order valence-corrected chi connectivity index (χ0v) is 14.5. The van der Waals surface area contributed by atoms with Crippen LogP contribution in [0.3, 0.4) is 0 Å². The summed E-state index contributed by atoms with van der Waals surface area (Å²) >= 11 is 0. The average molecular weight is 354 g/mol. The number of piperidine rings is 1. The lowest BCUT2D eigenvalue weighted by Gasteiger charge is -2.34. The zero-order chi connectivity index (χ0) is 17.3. The topological polar surface area (TPSA) is 87.9 Å². The third-order valence-electron chi connectivity index (χ3n) is 4.97.